The second-order valence-electron chi connectivity index (χ2n) is 2.27. The Labute approximate surface area is 85.7 Å². The van der Waals surface area contributed by atoms with E-state index < -0.39 is 0 Å². The average Bonchev–Trinajstić information content (AvgIpc) is 2.11. The molecule has 74 valence electrons. The molecular weight excluding hydrogens is 237 g/mol. The zero-order valence-corrected chi connectivity index (χ0v) is 9.01. The van der Waals surface area contributed by atoms with E-state index in [2.05, 4.69) is 15.9 Å². The third-order valence-corrected chi connectivity index (χ3v) is 1.86. The van der Waals surface area contributed by atoms with Crippen molar-refractivity contribution in [2.24, 2.45) is 5.73 Å². The molecule has 3 N–H and O–H groups in total. The molecule has 0 unspecified atom stereocenters. The molecule has 1 aromatic rings. The van der Waals surface area contributed by atoms with Gasteiger partial charge in [0.1, 0.15) is 5.82 Å². The molecule has 0 fully saturated rings. The van der Waals surface area contributed by atoms with Gasteiger partial charge in [-0.1, -0.05) is 6.07 Å². The van der Waals surface area contributed by atoms with Crippen molar-refractivity contribution in [3.63, 3.8) is 0 Å². The Morgan fingerprint density at radius 3 is 2.46 bits per heavy atom. The highest BCUT2D eigenvalue weighted by molar-refractivity contribution is 9.10. The monoisotopic (exact) mass is 249 g/mol. The van der Waals surface area contributed by atoms with Gasteiger partial charge in [0.2, 0.25) is 0 Å². The number of nitrogens with two attached hydrogens (primary N) is 1. The molecular formula is C9H13BrFNO. The molecule has 0 aliphatic heterocycles. The van der Waals surface area contributed by atoms with Gasteiger partial charge in [-0.05, 0) is 40.5 Å². The van der Waals surface area contributed by atoms with Gasteiger partial charge < -0.3 is 10.8 Å². The topological polar surface area (TPSA) is 46.2 Å². The lowest BCUT2D eigenvalue weighted by Gasteiger charge is -1.96. The van der Waals surface area contributed by atoms with Crippen LogP contribution in [-0.2, 0) is 6.54 Å². The van der Waals surface area contributed by atoms with Crippen LogP contribution in [0.1, 0.15) is 12.5 Å². The lowest BCUT2D eigenvalue weighted by molar-refractivity contribution is 0.318. The van der Waals surface area contributed by atoms with E-state index in [-0.39, 0.29) is 12.4 Å². The molecule has 1 rings (SSSR count). The second-order valence-corrected chi connectivity index (χ2v) is 3.12. The maximum Gasteiger partial charge on any atom is 0.137 e. The molecule has 0 radical (unpaired) electrons. The summed E-state index contributed by atoms with van der Waals surface area (Å²) in [5.74, 6) is -0.261. The van der Waals surface area contributed by atoms with E-state index in [1.54, 1.807) is 19.1 Å². The Hall–Kier alpha value is -0.450. The fourth-order valence-corrected chi connectivity index (χ4v) is 0.913. The molecule has 0 aliphatic carbocycles. The van der Waals surface area contributed by atoms with Crippen molar-refractivity contribution in [3.05, 3.63) is 34.1 Å². The third-order valence-electron chi connectivity index (χ3n) is 1.22. The van der Waals surface area contributed by atoms with E-state index in [4.69, 9.17) is 10.8 Å². The van der Waals surface area contributed by atoms with Gasteiger partial charge in [-0.2, -0.15) is 0 Å². The zero-order chi connectivity index (χ0) is 10.3. The fraction of sp³-hybridized carbons (Fsp3) is 0.333. The van der Waals surface area contributed by atoms with Gasteiger partial charge in [0.05, 0.1) is 4.47 Å². The molecule has 13 heavy (non-hydrogen) atoms. The normalized spacial score (nSPS) is 9.00. The molecule has 0 saturated heterocycles. The van der Waals surface area contributed by atoms with E-state index in [9.17, 15) is 4.39 Å². The van der Waals surface area contributed by atoms with Gasteiger partial charge in [0, 0.05) is 13.2 Å². The number of hydrogen-bond acceptors (Lipinski definition) is 2. The summed E-state index contributed by atoms with van der Waals surface area (Å²) in [5.41, 5.74) is 6.09. The Kier molecular flexibility index (Phi) is 6.76. The van der Waals surface area contributed by atoms with Crippen molar-refractivity contribution in [1.29, 1.82) is 0 Å². The predicted molar refractivity (Wildman–Crippen MR) is 54.8 cm³/mol. The summed E-state index contributed by atoms with van der Waals surface area (Å²) < 4.78 is 13.1. The fourth-order valence-electron chi connectivity index (χ4n) is 0.667. The minimum Gasteiger partial charge on any atom is -0.397 e. The molecule has 0 atom stereocenters. The first-order chi connectivity index (χ1) is 6.15. The highest BCUT2D eigenvalue weighted by Gasteiger charge is 1.97. The number of halogens is 2. The quantitative estimate of drug-likeness (QED) is 0.801. The summed E-state index contributed by atoms with van der Waals surface area (Å²) in [7, 11) is 0. The van der Waals surface area contributed by atoms with Gasteiger partial charge >= 0.3 is 0 Å². The minimum absolute atomic E-state index is 0.250. The zero-order valence-electron chi connectivity index (χ0n) is 7.43. The molecule has 0 aromatic heterocycles. The Balaban J connectivity index is 0.000000424. The summed E-state index contributed by atoms with van der Waals surface area (Å²) in [6.07, 6.45) is 0. The highest BCUT2D eigenvalue weighted by atomic mass is 79.9. The van der Waals surface area contributed by atoms with Crippen LogP contribution in [0, 0.1) is 5.82 Å². The van der Waals surface area contributed by atoms with Crippen molar-refractivity contribution >= 4 is 15.9 Å². The Morgan fingerprint density at radius 1 is 1.54 bits per heavy atom. The highest BCUT2D eigenvalue weighted by Crippen LogP contribution is 2.15. The van der Waals surface area contributed by atoms with E-state index in [1.807, 2.05) is 0 Å². The first-order valence-electron chi connectivity index (χ1n) is 3.90. The minimum atomic E-state index is -0.261. The SMILES string of the molecule is CCO.NCc1ccc(Br)c(F)c1. The number of aliphatic hydroxyl groups excluding tert-OH is 1. The summed E-state index contributed by atoms with van der Waals surface area (Å²) in [6, 6.07) is 4.86. The first kappa shape index (κ1) is 12.6. The summed E-state index contributed by atoms with van der Waals surface area (Å²) in [6.45, 7) is 2.31. The van der Waals surface area contributed by atoms with Crippen LogP contribution in [0.2, 0.25) is 0 Å². The molecule has 0 saturated carbocycles. The second kappa shape index (κ2) is 7.00. The Bertz CT molecular complexity index is 255. The van der Waals surface area contributed by atoms with E-state index in [0.717, 1.165) is 5.56 Å². The van der Waals surface area contributed by atoms with Crippen LogP contribution in [0.15, 0.2) is 22.7 Å². The third kappa shape index (κ3) is 4.98. The lowest BCUT2D eigenvalue weighted by Crippen LogP contribution is -1.96. The smallest absolute Gasteiger partial charge is 0.137 e. The molecule has 1 aromatic carbocycles. The van der Waals surface area contributed by atoms with Gasteiger partial charge in [-0.15, -0.1) is 0 Å². The average molecular weight is 250 g/mol. The lowest BCUT2D eigenvalue weighted by atomic mass is 10.2. The van der Waals surface area contributed by atoms with Crippen LogP contribution < -0.4 is 5.73 Å². The van der Waals surface area contributed by atoms with Crippen LogP contribution in [0.3, 0.4) is 0 Å². The van der Waals surface area contributed by atoms with E-state index >= 15 is 0 Å². The molecule has 2 nitrogen and oxygen atoms in total. The molecule has 0 heterocycles. The molecule has 0 spiro atoms. The Morgan fingerprint density at radius 2 is 2.08 bits per heavy atom. The van der Waals surface area contributed by atoms with Crippen LogP contribution >= 0.6 is 15.9 Å². The summed E-state index contributed by atoms with van der Waals surface area (Å²) >= 11 is 3.04. The first-order valence-corrected chi connectivity index (χ1v) is 4.69. The van der Waals surface area contributed by atoms with Gasteiger partial charge in [-0.25, -0.2) is 4.39 Å². The van der Waals surface area contributed by atoms with E-state index in [1.165, 1.54) is 6.07 Å². The van der Waals surface area contributed by atoms with Crippen LogP contribution in [-0.4, -0.2) is 11.7 Å². The van der Waals surface area contributed by atoms with Crippen molar-refractivity contribution in [3.8, 4) is 0 Å². The number of aliphatic hydroxyl groups is 1. The van der Waals surface area contributed by atoms with Crippen molar-refractivity contribution in [2.45, 2.75) is 13.5 Å². The van der Waals surface area contributed by atoms with Gasteiger partial charge in [0.15, 0.2) is 0 Å². The molecule has 0 bridgehead atoms. The van der Waals surface area contributed by atoms with Crippen molar-refractivity contribution < 1.29 is 9.50 Å². The molecule has 0 amide bonds. The summed E-state index contributed by atoms with van der Waals surface area (Å²) in [5, 5.41) is 7.57. The van der Waals surface area contributed by atoms with Gasteiger partial charge in [-0.3, -0.25) is 0 Å². The van der Waals surface area contributed by atoms with Crippen LogP contribution in [0.5, 0.6) is 0 Å². The molecule has 4 heteroatoms. The predicted octanol–water partition coefficient (Wildman–Crippen LogP) is 2.05. The number of rotatable bonds is 1. The van der Waals surface area contributed by atoms with Crippen LogP contribution in [0.4, 0.5) is 4.39 Å². The standard InChI is InChI=1S/C7H7BrFN.C2H6O/c8-6-2-1-5(4-10)3-7(6)9;1-2-3/h1-3H,4,10H2;3H,2H2,1H3. The van der Waals surface area contributed by atoms with Crippen molar-refractivity contribution in [1.82, 2.24) is 0 Å². The van der Waals surface area contributed by atoms with E-state index in [0.29, 0.717) is 11.0 Å². The van der Waals surface area contributed by atoms with Crippen molar-refractivity contribution in [2.75, 3.05) is 6.61 Å². The van der Waals surface area contributed by atoms with Gasteiger partial charge in [0.25, 0.3) is 0 Å². The largest absolute Gasteiger partial charge is 0.397 e. The number of benzene rings is 1. The maximum atomic E-state index is 12.7. The molecule has 0 aliphatic rings. The maximum absolute atomic E-state index is 12.7. The van der Waals surface area contributed by atoms with Crippen LogP contribution in [0.25, 0.3) is 0 Å². The number of hydrogen-bond donors (Lipinski definition) is 2. The summed E-state index contributed by atoms with van der Waals surface area (Å²) in [4.78, 5) is 0.